The van der Waals surface area contributed by atoms with Gasteiger partial charge in [0.25, 0.3) is 0 Å². The molecule has 5 rings (SSSR count). The van der Waals surface area contributed by atoms with Gasteiger partial charge in [0.15, 0.2) is 0 Å². The Kier molecular flexibility index (Phi) is 6.52. The van der Waals surface area contributed by atoms with E-state index in [1.165, 1.54) is 11.3 Å². The molecule has 1 aliphatic heterocycles. The van der Waals surface area contributed by atoms with Gasteiger partial charge in [0.1, 0.15) is 5.82 Å². The third kappa shape index (κ3) is 5.15. The molecule has 3 aromatic rings. The largest absolute Gasteiger partial charge is 0.356 e. The normalized spacial score (nSPS) is 19.5. The van der Waals surface area contributed by atoms with E-state index in [2.05, 4.69) is 62.4 Å². The van der Waals surface area contributed by atoms with E-state index in [1.54, 1.807) is 6.20 Å². The van der Waals surface area contributed by atoms with Gasteiger partial charge >= 0.3 is 0 Å². The van der Waals surface area contributed by atoms with Crippen LogP contribution in [0, 0.1) is 11.3 Å². The number of nitrogens with zero attached hydrogens (tertiary/aromatic N) is 3. The van der Waals surface area contributed by atoms with Gasteiger partial charge in [-0.15, -0.1) is 0 Å². The average Bonchev–Trinajstić information content (AvgIpc) is 3.35. The van der Waals surface area contributed by atoms with E-state index in [0.29, 0.717) is 5.02 Å². The predicted molar refractivity (Wildman–Crippen MR) is 131 cm³/mol. The molecule has 2 fully saturated rings. The van der Waals surface area contributed by atoms with Crippen LogP contribution in [0.5, 0.6) is 0 Å². The van der Waals surface area contributed by atoms with Crippen molar-refractivity contribution in [3.8, 4) is 5.82 Å². The van der Waals surface area contributed by atoms with Gasteiger partial charge in [0.05, 0.1) is 5.02 Å². The van der Waals surface area contributed by atoms with E-state index in [-0.39, 0.29) is 17.2 Å². The summed E-state index contributed by atoms with van der Waals surface area (Å²) in [6.07, 6.45) is 9.01. The molecule has 1 aliphatic carbocycles. The summed E-state index contributed by atoms with van der Waals surface area (Å²) in [7, 11) is 0. The highest BCUT2D eigenvalue weighted by Gasteiger charge is 2.58. The number of hydrogen-bond acceptors (Lipinski definition) is 3. The molecule has 0 bridgehead atoms. The Balaban J connectivity index is 1.07. The van der Waals surface area contributed by atoms with Crippen molar-refractivity contribution in [2.24, 2.45) is 11.3 Å². The van der Waals surface area contributed by atoms with Crippen LogP contribution in [-0.2, 0) is 17.8 Å². The summed E-state index contributed by atoms with van der Waals surface area (Å²) in [6, 6.07) is 18.5. The van der Waals surface area contributed by atoms with Gasteiger partial charge in [0.2, 0.25) is 5.91 Å². The summed E-state index contributed by atoms with van der Waals surface area (Å²) in [5.74, 6) is 1.36. The van der Waals surface area contributed by atoms with Crippen LogP contribution in [0.3, 0.4) is 0 Å². The minimum absolute atomic E-state index is 0.207. The molecular weight excluding hydrogens is 432 g/mol. The van der Waals surface area contributed by atoms with Crippen LogP contribution in [0.25, 0.3) is 5.82 Å². The number of pyridine rings is 1. The van der Waals surface area contributed by atoms with Crippen LogP contribution in [0.2, 0.25) is 5.02 Å². The Morgan fingerprint density at radius 1 is 1.09 bits per heavy atom. The monoisotopic (exact) mass is 462 g/mol. The third-order valence-electron chi connectivity index (χ3n) is 7.32. The van der Waals surface area contributed by atoms with Crippen LogP contribution in [0.4, 0.5) is 0 Å². The standard InChI is InChI=1S/C27H31ClN4O/c28-22-10-11-25(30-19-22)32-15-5-9-23(32)20-31-16-12-27(13-17-31)18-24(27)26(33)29-14-4-8-21-6-2-1-3-7-21/h1-3,5-7,9-11,15,19,24H,4,8,12-14,16-18,20H2,(H,29,33)/t24-/m0/s1. The first kappa shape index (κ1) is 22.2. The van der Waals surface area contributed by atoms with Gasteiger partial charge in [-0.3, -0.25) is 9.69 Å². The molecule has 1 spiro atoms. The summed E-state index contributed by atoms with van der Waals surface area (Å²) in [6.45, 7) is 3.74. The second kappa shape index (κ2) is 9.70. The molecule has 2 aromatic heterocycles. The maximum Gasteiger partial charge on any atom is 0.223 e. The maximum atomic E-state index is 12.7. The molecule has 1 N–H and O–H groups in total. The van der Waals surface area contributed by atoms with Crippen molar-refractivity contribution >= 4 is 17.5 Å². The Morgan fingerprint density at radius 2 is 1.91 bits per heavy atom. The Morgan fingerprint density at radius 3 is 2.67 bits per heavy atom. The van der Waals surface area contributed by atoms with Gasteiger partial charge in [0, 0.05) is 37.1 Å². The van der Waals surface area contributed by atoms with E-state index in [0.717, 1.165) is 64.1 Å². The topological polar surface area (TPSA) is 50.2 Å². The minimum atomic E-state index is 0.207. The molecule has 5 nitrogen and oxygen atoms in total. The zero-order chi connectivity index (χ0) is 22.7. The van der Waals surface area contributed by atoms with Gasteiger partial charge in [-0.05, 0) is 80.4 Å². The van der Waals surface area contributed by atoms with Crippen LogP contribution in [-0.4, -0.2) is 40.0 Å². The molecular formula is C27H31ClN4O. The number of aryl methyl sites for hydroxylation is 1. The molecule has 1 saturated carbocycles. The van der Waals surface area contributed by atoms with Gasteiger partial charge in [-0.25, -0.2) is 4.98 Å². The highest BCUT2D eigenvalue weighted by atomic mass is 35.5. The zero-order valence-electron chi connectivity index (χ0n) is 18.9. The van der Waals surface area contributed by atoms with Crippen LogP contribution in [0.1, 0.15) is 36.9 Å². The van der Waals surface area contributed by atoms with E-state index in [1.807, 2.05) is 18.2 Å². The maximum absolute atomic E-state index is 12.7. The van der Waals surface area contributed by atoms with Crippen molar-refractivity contribution < 1.29 is 4.79 Å². The van der Waals surface area contributed by atoms with Crippen LogP contribution >= 0.6 is 11.6 Å². The molecule has 1 amide bonds. The lowest BCUT2D eigenvalue weighted by molar-refractivity contribution is -0.123. The Bertz CT molecular complexity index is 1070. The number of aromatic nitrogens is 2. The number of piperidine rings is 1. The van der Waals surface area contributed by atoms with Gasteiger partial charge < -0.3 is 9.88 Å². The van der Waals surface area contributed by atoms with Crippen molar-refractivity contribution in [2.75, 3.05) is 19.6 Å². The first-order chi connectivity index (χ1) is 16.1. The number of halogens is 1. The highest BCUT2D eigenvalue weighted by molar-refractivity contribution is 6.30. The van der Waals surface area contributed by atoms with E-state index >= 15 is 0 Å². The molecule has 0 radical (unpaired) electrons. The van der Waals surface area contributed by atoms with E-state index in [9.17, 15) is 4.79 Å². The second-order valence-electron chi connectivity index (χ2n) is 9.48. The third-order valence-corrected chi connectivity index (χ3v) is 7.54. The average molecular weight is 463 g/mol. The quantitative estimate of drug-likeness (QED) is 0.485. The summed E-state index contributed by atoms with van der Waals surface area (Å²) in [4.78, 5) is 19.7. The molecule has 2 aliphatic rings. The molecule has 1 aromatic carbocycles. The molecule has 1 saturated heterocycles. The second-order valence-corrected chi connectivity index (χ2v) is 9.92. The number of carbonyl (C=O) groups is 1. The van der Waals surface area contributed by atoms with E-state index in [4.69, 9.17) is 11.6 Å². The first-order valence-corrected chi connectivity index (χ1v) is 12.3. The minimum Gasteiger partial charge on any atom is -0.356 e. The van der Waals surface area contributed by atoms with Crippen molar-refractivity contribution in [1.29, 1.82) is 0 Å². The molecule has 1 atom stereocenters. The summed E-state index contributed by atoms with van der Waals surface area (Å²) >= 11 is 5.99. The SMILES string of the molecule is O=C(NCCCc1ccccc1)[C@@H]1CC12CCN(Cc1cccn1-c1ccc(Cl)cn1)CC2. The Labute approximate surface area is 200 Å². The number of hydrogen-bond donors (Lipinski definition) is 1. The van der Waals surface area contributed by atoms with Crippen molar-refractivity contribution in [1.82, 2.24) is 19.8 Å². The van der Waals surface area contributed by atoms with Gasteiger partial charge in [-0.1, -0.05) is 41.9 Å². The fourth-order valence-corrected chi connectivity index (χ4v) is 5.32. The molecule has 33 heavy (non-hydrogen) atoms. The number of rotatable bonds is 8. The number of amides is 1. The summed E-state index contributed by atoms with van der Waals surface area (Å²) in [5, 5.41) is 3.84. The smallest absolute Gasteiger partial charge is 0.223 e. The van der Waals surface area contributed by atoms with Crippen molar-refractivity contribution in [3.05, 3.63) is 83.3 Å². The van der Waals surface area contributed by atoms with Crippen molar-refractivity contribution in [3.63, 3.8) is 0 Å². The van der Waals surface area contributed by atoms with Crippen molar-refractivity contribution in [2.45, 2.75) is 38.6 Å². The molecule has 172 valence electrons. The fourth-order valence-electron chi connectivity index (χ4n) is 5.21. The van der Waals surface area contributed by atoms with Gasteiger partial charge in [-0.2, -0.15) is 0 Å². The lowest BCUT2D eigenvalue weighted by Gasteiger charge is -2.33. The summed E-state index contributed by atoms with van der Waals surface area (Å²) in [5.41, 5.74) is 2.80. The predicted octanol–water partition coefficient (Wildman–Crippen LogP) is 4.88. The number of carbonyl (C=O) groups excluding carboxylic acids is 1. The fraction of sp³-hybridized carbons (Fsp3) is 0.407. The van der Waals surface area contributed by atoms with Crippen LogP contribution in [0.15, 0.2) is 67.0 Å². The van der Waals surface area contributed by atoms with Crippen LogP contribution < -0.4 is 5.32 Å². The van der Waals surface area contributed by atoms with E-state index < -0.39 is 0 Å². The molecule has 6 heteroatoms. The summed E-state index contributed by atoms with van der Waals surface area (Å²) < 4.78 is 2.13. The lowest BCUT2D eigenvalue weighted by Crippen LogP contribution is -2.37. The number of likely N-dealkylation sites (tertiary alicyclic amines) is 1. The highest BCUT2D eigenvalue weighted by Crippen LogP contribution is 2.59. The molecule has 3 heterocycles. The first-order valence-electron chi connectivity index (χ1n) is 12.0. The number of benzene rings is 1. The lowest BCUT2D eigenvalue weighted by atomic mass is 9.90. The Hall–Kier alpha value is -2.63. The molecule has 0 unspecified atom stereocenters. The zero-order valence-corrected chi connectivity index (χ0v) is 19.7. The number of nitrogens with one attached hydrogen (secondary N) is 1.